The van der Waals surface area contributed by atoms with Crippen LogP contribution in [0.3, 0.4) is 0 Å². The van der Waals surface area contributed by atoms with Crippen LogP contribution in [0.15, 0.2) is 0 Å². The van der Waals surface area contributed by atoms with Crippen molar-refractivity contribution in [2.24, 2.45) is 16.7 Å². The molecule has 2 nitrogen and oxygen atoms in total. The number of rotatable bonds is 2. The van der Waals surface area contributed by atoms with Gasteiger partial charge in [0.1, 0.15) is 0 Å². The molecule has 104 valence electrons. The van der Waals surface area contributed by atoms with Gasteiger partial charge in [-0.2, -0.15) is 0 Å². The second-order valence-electron chi connectivity index (χ2n) is 7.85. The SMILES string of the molecule is CC1(C)C2CCC1(C)C(NC1CCCC(O)C1)C2. The first kappa shape index (κ1) is 12.9. The van der Waals surface area contributed by atoms with Crippen LogP contribution < -0.4 is 5.32 Å². The minimum Gasteiger partial charge on any atom is -0.393 e. The second-order valence-corrected chi connectivity index (χ2v) is 7.85. The lowest BCUT2D eigenvalue weighted by atomic mass is 9.69. The Kier molecular flexibility index (Phi) is 3.02. The number of hydrogen-bond acceptors (Lipinski definition) is 2. The van der Waals surface area contributed by atoms with Crippen LogP contribution in [0.4, 0.5) is 0 Å². The van der Waals surface area contributed by atoms with E-state index >= 15 is 0 Å². The molecule has 0 spiro atoms. The van der Waals surface area contributed by atoms with E-state index in [1.807, 2.05) is 0 Å². The van der Waals surface area contributed by atoms with Gasteiger partial charge in [-0.15, -0.1) is 0 Å². The lowest BCUT2D eigenvalue weighted by Gasteiger charge is -2.42. The van der Waals surface area contributed by atoms with Crippen molar-refractivity contribution in [3.05, 3.63) is 0 Å². The van der Waals surface area contributed by atoms with E-state index in [0.717, 1.165) is 18.8 Å². The summed E-state index contributed by atoms with van der Waals surface area (Å²) in [7, 11) is 0. The van der Waals surface area contributed by atoms with Crippen LogP contribution >= 0.6 is 0 Å². The summed E-state index contributed by atoms with van der Waals surface area (Å²) in [5, 5.41) is 13.7. The van der Waals surface area contributed by atoms with Crippen LogP contribution in [0.25, 0.3) is 0 Å². The van der Waals surface area contributed by atoms with Crippen LogP contribution in [0.1, 0.15) is 65.7 Å². The van der Waals surface area contributed by atoms with Crippen LogP contribution in [-0.2, 0) is 0 Å². The normalized spacial score (nSPS) is 50.7. The van der Waals surface area contributed by atoms with Gasteiger partial charge in [0.2, 0.25) is 0 Å². The van der Waals surface area contributed by atoms with Crippen molar-refractivity contribution in [3.63, 3.8) is 0 Å². The highest BCUT2D eigenvalue weighted by atomic mass is 16.3. The Hall–Kier alpha value is -0.0800. The maximum absolute atomic E-state index is 9.81. The fourth-order valence-electron chi connectivity index (χ4n) is 5.06. The first-order valence-corrected chi connectivity index (χ1v) is 7.87. The van der Waals surface area contributed by atoms with Crippen LogP contribution in [-0.4, -0.2) is 23.3 Å². The number of aliphatic hydroxyl groups excluding tert-OH is 1. The first-order chi connectivity index (χ1) is 8.43. The molecule has 5 unspecified atom stereocenters. The molecule has 3 aliphatic rings. The number of hydrogen-bond donors (Lipinski definition) is 2. The largest absolute Gasteiger partial charge is 0.393 e. The average Bonchev–Trinajstić information content (AvgIpc) is 2.62. The van der Waals surface area contributed by atoms with Gasteiger partial charge in [-0.05, 0) is 61.7 Å². The van der Waals surface area contributed by atoms with Gasteiger partial charge in [-0.3, -0.25) is 0 Å². The Labute approximate surface area is 112 Å². The quantitative estimate of drug-likeness (QED) is 0.790. The standard InChI is InChI=1S/C16H29NO/c1-15(2)11-7-8-16(15,3)14(9-11)17-12-5-4-6-13(18)10-12/h11-14,17-18H,4-10H2,1-3H3. The van der Waals surface area contributed by atoms with E-state index in [0.29, 0.717) is 22.9 Å². The molecule has 2 heteroatoms. The zero-order valence-corrected chi connectivity index (χ0v) is 12.2. The molecule has 18 heavy (non-hydrogen) atoms. The Bertz CT molecular complexity index is 327. The third-order valence-electron chi connectivity index (χ3n) is 6.88. The molecular formula is C16H29NO. The van der Waals surface area contributed by atoms with Crippen LogP contribution in [0.5, 0.6) is 0 Å². The van der Waals surface area contributed by atoms with Gasteiger partial charge in [0.15, 0.2) is 0 Å². The Morgan fingerprint density at radius 3 is 2.39 bits per heavy atom. The molecule has 0 radical (unpaired) electrons. The van der Waals surface area contributed by atoms with Gasteiger partial charge in [0.25, 0.3) is 0 Å². The lowest BCUT2D eigenvalue weighted by molar-refractivity contribution is 0.0818. The molecule has 3 fully saturated rings. The zero-order chi connectivity index (χ0) is 13.0. The van der Waals surface area contributed by atoms with E-state index < -0.39 is 0 Å². The number of aliphatic hydroxyl groups is 1. The molecule has 3 rings (SSSR count). The third-order valence-corrected chi connectivity index (χ3v) is 6.88. The van der Waals surface area contributed by atoms with Gasteiger partial charge in [-0.25, -0.2) is 0 Å². The van der Waals surface area contributed by atoms with Crippen molar-refractivity contribution in [1.82, 2.24) is 5.32 Å². The van der Waals surface area contributed by atoms with Gasteiger partial charge in [0, 0.05) is 12.1 Å². The first-order valence-electron chi connectivity index (χ1n) is 7.87. The van der Waals surface area contributed by atoms with Gasteiger partial charge in [-0.1, -0.05) is 20.8 Å². The summed E-state index contributed by atoms with van der Waals surface area (Å²) >= 11 is 0. The molecule has 0 heterocycles. The Balaban J connectivity index is 1.68. The summed E-state index contributed by atoms with van der Waals surface area (Å²) < 4.78 is 0. The van der Waals surface area contributed by atoms with Crippen molar-refractivity contribution in [2.75, 3.05) is 0 Å². The molecule has 0 aromatic rings. The van der Waals surface area contributed by atoms with E-state index in [-0.39, 0.29) is 6.10 Å². The lowest BCUT2D eigenvalue weighted by Crippen LogP contribution is -2.50. The topological polar surface area (TPSA) is 32.3 Å². The van der Waals surface area contributed by atoms with Gasteiger partial charge in [0.05, 0.1) is 6.10 Å². The van der Waals surface area contributed by atoms with E-state index in [1.54, 1.807) is 0 Å². The molecule has 0 aromatic heterocycles. The van der Waals surface area contributed by atoms with Crippen LogP contribution in [0.2, 0.25) is 0 Å². The fraction of sp³-hybridized carbons (Fsp3) is 1.00. The molecule has 0 saturated heterocycles. The van der Waals surface area contributed by atoms with Crippen molar-refractivity contribution in [1.29, 1.82) is 0 Å². The highest BCUT2D eigenvalue weighted by molar-refractivity contribution is 5.13. The molecular weight excluding hydrogens is 222 g/mol. The maximum atomic E-state index is 9.81. The summed E-state index contributed by atoms with van der Waals surface area (Å²) in [6, 6.07) is 1.24. The summed E-state index contributed by atoms with van der Waals surface area (Å²) in [6.07, 6.45) is 8.54. The molecule has 0 aliphatic heterocycles. The summed E-state index contributed by atoms with van der Waals surface area (Å²) in [6.45, 7) is 7.45. The van der Waals surface area contributed by atoms with Crippen LogP contribution in [0, 0.1) is 16.7 Å². The van der Waals surface area contributed by atoms with Crippen molar-refractivity contribution < 1.29 is 5.11 Å². The molecule has 0 amide bonds. The Morgan fingerprint density at radius 2 is 1.83 bits per heavy atom. The average molecular weight is 251 g/mol. The monoisotopic (exact) mass is 251 g/mol. The highest BCUT2D eigenvalue weighted by Crippen LogP contribution is 2.65. The predicted octanol–water partition coefficient (Wildman–Crippen LogP) is 3.09. The number of nitrogens with one attached hydrogen (secondary N) is 1. The molecule has 5 atom stereocenters. The Morgan fingerprint density at radius 1 is 1.06 bits per heavy atom. The third kappa shape index (κ3) is 1.76. The summed E-state index contributed by atoms with van der Waals surface area (Å²) in [5.41, 5.74) is 0.970. The maximum Gasteiger partial charge on any atom is 0.0555 e. The summed E-state index contributed by atoms with van der Waals surface area (Å²) in [4.78, 5) is 0. The van der Waals surface area contributed by atoms with E-state index in [1.165, 1.54) is 32.1 Å². The van der Waals surface area contributed by atoms with E-state index in [2.05, 4.69) is 26.1 Å². The second kappa shape index (κ2) is 4.21. The van der Waals surface area contributed by atoms with Crippen molar-refractivity contribution >= 4 is 0 Å². The zero-order valence-electron chi connectivity index (χ0n) is 12.2. The van der Waals surface area contributed by atoms with E-state index in [9.17, 15) is 5.11 Å². The molecule has 2 bridgehead atoms. The number of fused-ring (bicyclic) bond motifs is 2. The predicted molar refractivity (Wildman–Crippen MR) is 74.4 cm³/mol. The van der Waals surface area contributed by atoms with Crippen molar-refractivity contribution in [3.8, 4) is 0 Å². The molecule has 3 aliphatic carbocycles. The minimum absolute atomic E-state index is 0.0596. The minimum atomic E-state index is -0.0596. The van der Waals surface area contributed by atoms with Gasteiger partial charge < -0.3 is 10.4 Å². The van der Waals surface area contributed by atoms with E-state index in [4.69, 9.17) is 0 Å². The summed E-state index contributed by atoms with van der Waals surface area (Å²) in [5.74, 6) is 0.911. The molecule has 3 saturated carbocycles. The van der Waals surface area contributed by atoms with Gasteiger partial charge >= 0.3 is 0 Å². The highest BCUT2D eigenvalue weighted by Gasteiger charge is 2.61. The fourth-order valence-corrected chi connectivity index (χ4v) is 5.06. The molecule has 2 N–H and O–H groups in total. The molecule has 0 aromatic carbocycles. The smallest absolute Gasteiger partial charge is 0.0555 e. The van der Waals surface area contributed by atoms with Crippen molar-refractivity contribution in [2.45, 2.75) is 83.9 Å².